The van der Waals surface area contributed by atoms with Gasteiger partial charge in [-0.15, -0.1) is 0 Å². The van der Waals surface area contributed by atoms with Crippen LogP contribution in [0.1, 0.15) is 22.3 Å². The highest BCUT2D eigenvalue weighted by Gasteiger charge is 2.36. The molecule has 0 amide bonds. The highest BCUT2D eigenvalue weighted by Crippen LogP contribution is 2.37. The van der Waals surface area contributed by atoms with E-state index in [1.807, 2.05) is 32.0 Å². The van der Waals surface area contributed by atoms with Crippen LogP contribution in [0.5, 0.6) is 11.5 Å². The van der Waals surface area contributed by atoms with Crippen LogP contribution in [0.4, 0.5) is 24.5 Å². The van der Waals surface area contributed by atoms with Crippen molar-refractivity contribution in [2.75, 3.05) is 11.0 Å². The molecule has 0 fully saturated rings. The third-order valence-corrected chi connectivity index (χ3v) is 6.67. The number of halogens is 3. The van der Waals surface area contributed by atoms with Crippen molar-refractivity contribution >= 4 is 21.4 Å². The molecule has 11 heteroatoms. The maximum atomic E-state index is 13.9. The second-order valence-corrected chi connectivity index (χ2v) is 11.0. The topological polar surface area (TPSA) is 81.8 Å². The molecular weight excluding hydrogens is 543 g/mol. The minimum absolute atomic E-state index is 0.00690. The number of alkyl halides is 3. The molecule has 0 atom stereocenters. The molecule has 1 heterocycles. The fourth-order valence-electron chi connectivity index (χ4n) is 4.18. The van der Waals surface area contributed by atoms with Gasteiger partial charge in [0.1, 0.15) is 11.5 Å². The highest BCUT2D eigenvalue weighted by atomic mass is 32.2. The first-order chi connectivity index (χ1) is 18.7. The fraction of sp³-hybridized carbons (Fsp3) is 0.172. The number of hydrogen-bond acceptors (Lipinski definition) is 4. The van der Waals surface area contributed by atoms with Crippen molar-refractivity contribution < 1.29 is 26.3 Å². The SMILES string of the molecule is [C-]#[N+]c1c(C(F)(F)F)cc(-c2ccc(Oc3ccc(NS(C)(=O)=O)cc3)cc2)n(Cc2ccc(C)cc2C)c1=O. The van der Waals surface area contributed by atoms with Crippen LogP contribution < -0.4 is 15.0 Å². The quantitative estimate of drug-likeness (QED) is 0.246. The molecule has 4 aromatic rings. The zero-order chi connectivity index (χ0) is 29.2. The maximum Gasteiger partial charge on any atom is 0.407 e. The van der Waals surface area contributed by atoms with Crippen molar-refractivity contribution in [2.45, 2.75) is 26.6 Å². The monoisotopic (exact) mass is 567 g/mol. The first kappa shape index (κ1) is 28.4. The van der Waals surface area contributed by atoms with Crippen LogP contribution in [0.3, 0.4) is 0 Å². The van der Waals surface area contributed by atoms with E-state index < -0.39 is 33.0 Å². The summed E-state index contributed by atoms with van der Waals surface area (Å²) in [6, 6.07) is 18.7. The zero-order valence-electron chi connectivity index (χ0n) is 21.7. The molecule has 0 bridgehead atoms. The van der Waals surface area contributed by atoms with Crippen LogP contribution in [0, 0.1) is 20.4 Å². The summed E-state index contributed by atoms with van der Waals surface area (Å²) in [5.74, 6) is 0.768. The normalized spacial score (nSPS) is 11.6. The van der Waals surface area contributed by atoms with Crippen LogP contribution in [0.15, 0.2) is 77.6 Å². The molecule has 0 saturated carbocycles. The Morgan fingerprint density at radius 1 is 0.950 bits per heavy atom. The van der Waals surface area contributed by atoms with Crippen LogP contribution in [0.25, 0.3) is 16.1 Å². The number of anilines is 1. The Balaban J connectivity index is 1.73. The first-order valence-electron chi connectivity index (χ1n) is 11.9. The van der Waals surface area contributed by atoms with Gasteiger partial charge in [0, 0.05) is 11.4 Å². The molecule has 0 unspecified atom stereocenters. The lowest BCUT2D eigenvalue weighted by Gasteiger charge is -2.19. The summed E-state index contributed by atoms with van der Waals surface area (Å²) in [5.41, 5.74) is -0.00565. The second kappa shape index (κ2) is 10.9. The van der Waals surface area contributed by atoms with Crippen molar-refractivity contribution in [3.05, 3.63) is 117 Å². The minimum atomic E-state index is -4.90. The summed E-state index contributed by atoms with van der Waals surface area (Å²) in [5, 5.41) is 0. The third-order valence-electron chi connectivity index (χ3n) is 6.06. The van der Waals surface area contributed by atoms with Gasteiger partial charge in [0.25, 0.3) is 11.2 Å². The number of aromatic nitrogens is 1. The lowest BCUT2D eigenvalue weighted by atomic mass is 10.0. The molecule has 1 N–H and O–H groups in total. The lowest BCUT2D eigenvalue weighted by molar-refractivity contribution is -0.136. The smallest absolute Gasteiger partial charge is 0.407 e. The lowest BCUT2D eigenvalue weighted by Crippen LogP contribution is -2.25. The average molecular weight is 568 g/mol. The van der Waals surface area contributed by atoms with Gasteiger partial charge >= 0.3 is 6.18 Å². The van der Waals surface area contributed by atoms with E-state index in [-0.39, 0.29) is 12.2 Å². The summed E-state index contributed by atoms with van der Waals surface area (Å²) < 4.78 is 73.6. The van der Waals surface area contributed by atoms with Crippen LogP contribution in [-0.4, -0.2) is 19.2 Å². The predicted octanol–water partition coefficient (Wildman–Crippen LogP) is 6.91. The van der Waals surface area contributed by atoms with Gasteiger partial charge < -0.3 is 9.30 Å². The highest BCUT2D eigenvalue weighted by molar-refractivity contribution is 7.92. The molecule has 0 aliphatic rings. The Morgan fingerprint density at radius 3 is 2.08 bits per heavy atom. The van der Waals surface area contributed by atoms with E-state index in [1.54, 1.807) is 24.3 Å². The summed E-state index contributed by atoms with van der Waals surface area (Å²) in [6.07, 6.45) is -3.86. The molecule has 206 valence electrons. The summed E-state index contributed by atoms with van der Waals surface area (Å²) in [4.78, 5) is 16.2. The standard InChI is InChI=1S/C29H24F3N3O4S/c1-18-5-6-21(19(2)15-18)17-35-26(16-25(29(30,31)32)27(33-3)28(35)36)20-7-11-23(12-8-20)39-24-13-9-22(10-14-24)34-40(4,37)38/h5-16,34H,17H2,1-2,4H3. The Labute approximate surface area is 229 Å². The molecule has 0 aliphatic heterocycles. The largest absolute Gasteiger partial charge is 0.457 e. The van der Waals surface area contributed by atoms with Gasteiger partial charge in [0.05, 0.1) is 24.9 Å². The molecule has 0 saturated heterocycles. The van der Waals surface area contributed by atoms with Gasteiger partial charge in [0.2, 0.25) is 10.0 Å². The summed E-state index contributed by atoms with van der Waals surface area (Å²) in [6.45, 7) is 11.0. The maximum absolute atomic E-state index is 13.9. The fourth-order valence-corrected chi connectivity index (χ4v) is 4.75. The molecule has 40 heavy (non-hydrogen) atoms. The number of ether oxygens (including phenoxy) is 1. The van der Waals surface area contributed by atoms with Gasteiger partial charge in [-0.25, -0.2) is 13.3 Å². The van der Waals surface area contributed by atoms with Crippen molar-refractivity contribution in [1.82, 2.24) is 4.57 Å². The molecular formula is C29H24F3N3O4S. The number of nitrogens with one attached hydrogen (secondary N) is 1. The van der Waals surface area contributed by atoms with E-state index >= 15 is 0 Å². The van der Waals surface area contributed by atoms with E-state index in [0.717, 1.165) is 29.0 Å². The summed E-state index contributed by atoms with van der Waals surface area (Å²) >= 11 is 0. The molecule has 4 rings (SSSR count). The van der Waals surface area contributed by atoms with Crippen molar-refractivity contribution in [1.29, 1.82) is 0 Å². The van der Waals surface area contributed by atoms with Crippen LogP contribution in [-0.2, 0) is 22.7 Å². The molecule has 0 aliphatic carbocycles. The average Bonchev–Trinajstić information content (AvgIpc) is 2.86. The van der Waals surface area contributed by atoms with Crippen molar-refractivity contribution in [3.63, 3.8) is 0 Å². The Kier molecular flexibility index (Phi) is 7.75. The van der Waals surface area contributed by atoms with Gasteiger partial charge in [-0.05, 0) is 85.1 Å². The minimum Gasteiger partial charge on any atom is -0.457 e. The number of sulfonamides is 1. The molecule has 1 aromatic heterocycles. The van der Waals surface area contributed by atoms with Gasteiger partial charge in [-0.2, -0.15) is 13.2 Å². The van der Waals surface area contributed by atoms with Gasteiger partial charge in [0.15, 0.2) is 0 Å². The van der Waals surface area contributed by atoms with E-state index in [0.29, 0.717) is 22.7 Å². The van der Waals surface area contributed by atoms with E-state index in [1.165, 1.54) is 28.8 Å². The van der Waals surface area contributed by atoms with E-state index in [2.05, 4.69) is 9.57 Å². The number of aryl methyl sites for hydroxylation is 2. The van der Waals surface area contributed by atoms with Gasteiger partial charge in [-0.1, -0.05) is 23.8 Å². The number of pyridine rings is 1. The van der Waals surface area contributed by atoms with Crippen LogP contribution in [0.2, 0.25) is 0 Å². The zero-order valence-corrected chi connectivity index (χ0v) is 22.5. The van der Waals surface area contributed by atoms with E-state index in [9.17, 15) is 26.4 Å². The molecule has 0 spiro atoms. The van der Waals surface area contributed by atoms with Crippen molar-refractivity contribution in [3.8, 4) is 22.8 Å². The summed E-state index contributed by atoms with van der Waals surface area (Å²) in [7, 11) is -3.43. The van der Waals surface area contributed by atoms with Crippen molar-refractivity contribution in [2.24, 2.45) is 0 Å². The number of rotatable bonds is 7. The Hall–Kier alpha value is -4.56. The van der Waals surface area contributed by atoms with E-state index in [4.69, 9.17) is 11.3 Å². The van der Waals surface area contributed by atoms with Gasteiger partial charge in [-0.3, -0.25) is 9.52 Å². The Morgan fingerprint density at radius 2 is 1.55 bits per heavy atom. The van der Waals surface area contributed by atoms with Crippen LogP contribution >= 0.6 is 0 Å². The molecule has 3 aromatic carbocycles. The second-order valence-electron chi connectivity index (χ2n) is 9.25. The Bertz CT molecular complexity index is 1770. The number of hydrogen-bond donors (Lipinski definition) is 1. The number of benzene rings is 3. The number of nitrogens with zero attached hydrogens (tertiary/aromatic N) is 2. The predicted molar refractivity (Wildman–Crippen MR) is 147 cm³/mol. The molecule has 7 nitrogen and oxygen atoms in total. The first-order valence-corrected chi connectivity index (χ1v) is 13.8. The third kappa shape index (κ3) is 6.52. The molecule has 0 radical (unpaired) electrons.